The number of aryl methyl sites for hydroxylation is 1. The van der Waals surface area contributed by atoms with Crippen LogP contribution in [0.3, 0.4) is 0 Å². The molecule has 1 amide bonds. The standard InChI is InChI=1S/C30H29N5O/c1-19-2-11-28-27(14-19)32-29(35(28)18-20-12-13-34(17-20)30(36)23-7-8-23)22-5-3-21(4-6-22)24-9-10-25-16-31-33-26(25)15-24/h2-6,9-11,14-16,20,23H,7-8,12-13,17-18H2,1H3,(H,31,33)/t20-/m0/s1. The maximum Gasteiger partial charge on any atom is 0.225 e. The third kappa shape index (κ3) is 3.77. The van der Waals surface area contributed by atoms with Crippen LogP contribution in [0.1, 0.15) is 24.8 Å². The van der Waals surface area contributed by atoms with Gasteiger partial charge in [-0.1, -0.05) is 42.5 Å². The van der Waals surface area contributed by atoms with Crippen molar-refractivity contribution in [2.24, 2.45) is 11.8 Å². The zero-order valence-corrected chi connectivity index (χ0v) is 20.4. The molecule has 2 fully saturated rings. The molecule has 180 valence electrons. The number of rotatable bonds is 5. The van der Waals surface area contributed by atoms with Crippen LogP contribution >= 0.6 is 0 Å². The lowest BCUT2D eigenvalue weighted by atomic mass is 10.0. The second kappa shape index (κ2) is 8.33. The number of aromatic amines is 1. The molecule has 6 heteroatoms. The predicted molar refractivity (Wildman–Crippen MR) is 142 cm³/mol. The van der Waals surface area contributed by atoms with E-state index >= 15 is 0 Å². The Morgan fingerprint density at radius 3 is 2.61 bits per heavy atom. The summed E-state index contributed by atoms with van der Waals surface area (Å²) in [5, 5.41) is 8.31. The number of imidazole rings is 1. The van der Waals surface area contributed by atoms with Crippen LogP contribution in [0.25, 0.3) is 44.5 Å². The van der Waals surface area contributed by atoms with Crippen molar-refractivity contribution < 1.29 is 4.79 Å². The number of hydrogen-bond acceptors (Lipinski definition) is 3. The molecule has 3 heterocycles. The van der Waals surface area contributed by atoms with Crippen LogP contribution < -0.4 is 0 Å². The highest BCUT2D eigenvalue weighted by Gasteiger charge is 2.36. The highest BCUT2D eigenvalue weighted by atomic mass is 16.2. The number of carbonyl (C=O) groups excluding carboxylic acids is 1. The summed E-state index contributed by atoms with van der Waals surface area (Å²) < 4.78 is 2.37. The second-order valence-corrected chi connectivity index (χ2v) is 10.5. The molecule has 3 aromatic carbocycles. The molecule has 2 aromatic heterocycles. The van der Waals surface area contributed by atoms with Gasteiger partial charge in [0.25, 0.3) is 0 Å². The molecule has 0 radical (unpaired) electrons. The zero-order valence-electron chi connectivity index (χ0n) is 20.4. The number of fused-ring (bicyclic) bond motifs is 2. The molecule has 2 aliphatic rings. The van der Waals surface area contributed by atoms with Gasteiger partial charge in [0, 0.05) is 36.5 Å². The first-order valence-corrected chi connectivity index (χ1v) is 12.9. The maximum atomic E-state index is 12.6. The van der Waals surface area contributed by atoms with Gasteiger partial charge in [0.15, 0.2) is 0 Å². The van der Waals surface area contributed by atoms with Crippen LogP contribution in [0.4, 0.5) is 0 Å². The molecule has 0 bridgehead atoms. The largest absolute Gasteiger partial charge is 0.342 e. The first kappa shape index (κ1) is 21.4. The summed E-state index contributed by atoms with van der Waals surface area (Å²) in [6.07, 6.45) is 5.04. The molecule has 36 heavy (non-hydrogen) atoms. The first-order chi connectivity index (χ1) is 17.6. The van der Waals surface area contributed by atoms with Crippen LogP contribution in [0.15, 0.2) is 66.9 Å². The molecular formula is C30H29N5O. The van der Waals surface area contributed by atoms with Crippen molar-refractivity contribution in [3.05, 3.63) is 72.4 Å². The van der Waals surface area contributed by atoms with E-state index in [-0.39, 0.29) is 0 Å². The van der Waals surface area contributed by atoms with E-state index in [1.165, 1.54) is 11.1 Å². The fraction of sp³-hybridized carbons (Fsp3) is 0.300. The SMILES string of the molecule is Cc1ccc2c(c1)nc(-c1ccc(-c3ccc4cn[nH]c4c3)cc1)n2C[C@H]1CCN(C(=O)C2CC2)C1. The maximum absolute atomic E-state index is 12.6. The number of aromatic nitrogens is 4. The van der Waals surface area contributed by atoms with E-state index < -0.39 is 0 Å². The minimum Gasteiger partial charge on any atom is -0.342 e. The molecule has 1 saturated heterocycles. The third-order valence-electron chi connectivity index (χ3n) is 7.79. The van der Waals surface area contributed by atoms with Gasteiger partial charge < -0.3 is 9.47 Å². The van der Waals surface area contributed by atoms with E-state index in [1.54, 1.807) is 0 Å². The van der Waals surface area contributed by atoms with E-state index in [2.05, 4.69) is 87.3 Å². The van der Waals surface area contributed by atoms with Crippen molar-refractivity contribution in [3.8, 4) is 22.5 Å². The van der Waals surface area contributed by atoms with Gasteiger partial charge in [0.1, 0.15) is 5.82 Å². The summed E-state index contributed by atoms with van der Waals surface area (Å²) in [4.78, 5) is 19.8. The van der Waals surface area contributed by atoms with Crippen molar-refractivity contribution in [2.75, 3.05) is 13.1 Å². The summed E-state index contributed by atoms with van der Waals surface area (Å²) in [5.74, 6) is 2.11. The van der Waals surface area contributed by atoms with E-state index in [9.17, 15) is 4.79 Å². The molecule has 1 aliphatic heterocycles. The molecule has 1 saturated carbocycles. The molecule has 7 rings (SSSR count). The van der Waals surface area contributed by atoms with Crippen LogP contribution in [0.5, 0.6) is 0 Å². The number of benzene rings is 3. The van der Waals surface area contributed by atoms with Crippen molar-refractivity contribution >= 4 is 27.8 Å². The van der Waals surface area contributed by atoms with Crippen molar-refractivity contribution in [1.29, 1.82) is 0 Å². The topological polar surface area (TPSA) is 66.8 Å². The minimum absolute atomic E-state index is 0.295. The summed E-state index contributed by atoms with van der Waals surface area (Å²) in [6, 6.07) is 21.6. The summed E-state index contributed by atoms with van der Waals surface area (Å²) >= 11 is 0. The lowest BCUT2D eigenvalue weighted by molar-refractivity contribution is -0.131. The molecular weight excluding hydrogens is 446 g/mol. The molecule has 1 N–H and O–H groups in total. The molecule has 6 nitrogen and oxygen atoms in total. The van der Waals surface area contributed by atoms with Gasteiger partial charge >= 0.3 is 0 Å². The van der Waals surface area contributed by atoms with Gasteiger partial charge in [-0.25, -0.2) is 4.98 Å². The molecule has 1 aliphatic carbocycles. The number of carbonyl (C=O) groups is 1. The van der Waals surface area contributed by atoms with E-state index in [0.29, 0.717) is 17.7 Å². The average Bonchev–Trinajstić information content (AvgIpc) is 3.30. The number of hydrogen-bond donors (Lipinski definition) is 1. The van der Waals surface area contributed by atoms with Crippen LogP contribution in [0.2, 0.25) is 0 Å². The van der Waals surface area contributed by atoms with E-state index in [1.807, 2.05) is 6.20 Å². The highest BCUT2D eigenvalue weighted by molar-refractivity contribution is 5.85. The Morgan fingerprint density at radius 1 is 0.972 bits per heavy atom. The van der Waals surface area contributed by atoms with Crippen molar-refractivity contribution in [3.63, 3.8) is 0 Å². The Balaban J connectivity index is 1.21. The Kier molecular flexibility index (Phi) is 4.94. The molecule has 0 unspecified atom stereocenters. The fourth-order valence-electron chi connectivity index (χ4n) is 5.60. The zero-order chi connectivity index (χ0) is 24.2. The molecule has 0 spiro atoms. The van der Waals surface area contributed by atoms with Gasteiger partial charge in [0.05, 0.1) is 22.7 Å². The minimum atomic E-state index is 0.295. The van der Waals surface area contributed by atoms with Crippen molar-refractivity contribution in [1.82, 2.24) is 24.6 Å². The normalized spacial score (nSPS) is 17.9. The average molecular weight is 476 g/mol. The Hall–Kier alpha value is -3.93. The quantitative estimate of drug-likeness (QED) is 0.349. The molecule has 1 atom stereocenters. The molecule has 5 aromatic rings. The number of nitrogens with one attached hydrogen (secondary N) is 1. The van der Waals surface area contributed by atoms with Gasteiger partial charge in [-0.3, -0.25) is 9.89 Å². The predicted octanol–water partition coefficient (Wildman–Crippen LogP) is 5.81. The third-order valence-corrected chi connectivity index (χ3v) is 7.79. The Bertz CT molecular complexity index is 1590. The lowest BCUT2D eigenvalue weighted by Gasteiger charge is -2.18. The summed E-state index contributed by atoms with van der Waals surface area (Å²) in [5.41, 5.74) is 7.88. The van der Waals surface area contributed by atoms with Crippen LogP contribution in [-0.4, -0.2) is 43.6 Å². The summed E-state index contributed by atoms with van der Waals surface area (Å²) in [6.45, 7) is 4.73. The smallest absolute Gasteiger partial charge is 0.225 e. The monoisotopic (exact) mass is 475 g/mol. The second-order valence-electron chi connectivity index (χ2n) is 10.5. The Morgan fingerprint density at radius 2 is 1.78 bits per heavy atom. The van der Waals surface area contributed by atoms with Crippen LogP contribution in [-0.2, 0) is 11.3 Å². The van der Waals surface area contributed by atoms with Gasteiger partial charge in [-0.2, -0.15) is 5.10 Å². The first-order valence-electron chi connectivity index (χ1n) is 12.9. The fourth-order valence-corrected chi connectivity index (χ4v) is 5.60. The Labute approximate surface area is 210 Å². The number of amides is 1. The highest BCUT2D eigenvalue weighted by Crippen LogP contribution is 2.34. The van der Waals surface area contributed by atoms with Gasteiger partial charge in [-0.15, -0.1) is 0 Å². The van der Waals surface area contributed by atoms with Crippen molar-refractivity contribution in [2.45, 2.75) is 32.7 Å². The van der Waals surface area contributed by atoms with E-state index in [4.69, 9.17) is 4.98 Å². The number of nitrogens with zero attached hydrogens (tertiary/aromatic N) is 4. The lowest BCUT2D eigenvalue weighted by Crippen LogP contribution is -2.30. The van der Waals surface area contributed by atoms with Gasteiger partial charge in [-0.05, 0) is 67.0 Å². The number of H-pyrrole nitrogens is 1. The van der Waals surface area contributed by atoms with Crippen LogP contribution in [0, 0.1) is 18.8 Å². The summed E-state index contributed by atoms with van der Waals surface area (Å²) in [7, 11) is 0. The van der Waals surface area contributed by atoms with E-state index in [0.717, 1.165) is 77.8 Å². The van der Waals surface area contributed by atoms with Gasteiger partial charge in [0.2, 0.25) is 5.91 Å². The number of likely N-dealkylation sites (tertiary alicyclic amines) is 1.